The first-order valence-electron chi connectivity index (χ1n) is 4.27. The molecule has 0 saturated heterocycles. The molecule has 4 heteroatoms. The zero-order valence-electron chi connectivity index (χ0n) is 7.80. The van der Waals surface area contributed by atoms with Gasteiger partial charge in [0.15, 0.2) is 5.78 Å². The molecule has 14 heavy (non-hydrogen) atoms. The maximum absolute atomic E-state index is 11.2. The van der Waals surface area contributed by atoms with Crippen LogP contribution in [0.5, 0.6) is 0 Å². The van der Waals surface area contributed by atoms with Crippen molar-refractivity contribution in [2.24, 2.45) is 0 Å². The maximum atomic E-state index is 11.2. The summed E-state index contributed by atoms with van der Waals surface area (Å²) in [5, 5.41) is 9.63. The summed E-state index contributed by atoms with van der Waals surface area (Å²) in [7, 11) is 0. The lowest BCUT2D eigenvalue weighted by Crippen LogP contribution is -2.21. The predicted octanol–water partition coefficient (Wildman–Crippen LogP) is 1.19. The number of nitrogens with zero attached hydrogens (tertiary/aromatic N) is 1. The van der Waals surface area contributed by atoms with E-state index in [-0.39, 0.29) is 17.8 Å². The molecule has 1 aliphatic rings. The highest BCUT2D eigenvalue weighted by molar-refractivity contribution is 6.07. The van der Waals surface area contributed by atoms with Crippen molar-refractivity contribution in [3.63, 3.8) is 0 Å². The van der Waals surface area contributed by atoms with Crippen LogP contribution in [0.1, 0.15) is 13.3 Å². The van der Waals surface area contributed by atoms with E-state index in [2.05, 4.69) is 0 Å². The summed E-state index contributed by atoms with van der Waals surface area (Å²) in [6, 6.07) is 0. The predicted molar refractivity (Wildman–Crippen MR) is 50.3 cm³/mol. The van der Waals surface area contributed by atoms with Gasteiger partial charge in [-0.25, -0.2) is 0 Å². The molecule has 0 atom stereocenters. The van der Waals surface area contributed by atoms with Crippen LogP contribution < -0.4 is 0 Å². The lowest BCUT2D eigenvalue weighted by atomic mass is 10.1. The molecule has 1 amide bonds. The highest BCUT2D eigenvalue weighted by Crippen LogP contribution is 2.07. The Morgan fingerprint density at radius 2 is 2.14 bits per heavy atom. The van der Waals surface area contributed by atoms with E-state index in [4.69, 9.17) is 0 Å². The smallest absolute Gasteiger partial charge is 0.249 e. The zero-order valence-corrected chi connectivity index (χ0v) is 7.80. The Hall–Kier alpha value is -1.68. The molecule has 0 saturated carbocycles. The fourth-order valence-corrected chi connectivity index (χ4v) is 0.953. The van der Waals surface area contributed by atoms with Gasteiger partial charge < -0.3 is 0 Å². The van der Waals surface area contributed by atoms with Gasteiger partial charge in [-0.3, -0.25) is 14.8 Å². The number of carbonyl (C=O) groups excluding carboxylic acids is 2. The molecule has 0 spiro atoms. The largest absolute Gasteiger partial charge is 0.289 e. The average molecular weight is 193 g/mol. The summed E-state index contributed by atoms with van der Waals surface area (Å²) in [6.07, 6.45) is 7.48. The normalized spacial score (nSPS) is 17.6. The van der Waals surface area contributed by atoms with Crippen molar-refractivity contribution in [2.45, 2.75) is 13.3 Å². The van der Waals surface area contributed by atoms with Crippen LogP contribution in [0.3, 0.4) is 0 Å². The van der Waals surface area contributed by atoms with Gasteiger partial charge in [0.25, 0.3) is 0 Å². The van der Waals surface area contributed by atoms with Crippen LogP contribution in [-0.2, 0) is 9.59 Å². The van der Waals surface area contributed by atoms with Crippen LogP contribution in [0.2, 0.25) is 0 Å². The number of rotatable bonds is 2. The van der Waals surface area contributed by atoms with E-state index in [1.54, 1.807) is 19.1 Å². The highest BCUT2D eigenvalue weighted by atomic mass is 16.5. The quantitative estimate of drug-likeness (QED) is 0.407. The Labute approximate surface area is 81.8 Å². The fraction of sp³-hybridized carbons (Fsp3) is 0.200. The van der Waals surface area contributed by atoms with Crippen molar-refractivity contribution >= 4 is 11.7 Å². The molecule has 74 valence electrons. The van der Waals surface area contributed by atoms with Gasteiger partial charge in [0.1, 0.15) is 0 Å². The van der Waals surface area contributed by atoms with E-state index in [1.807, 2.05) is 0 Å². The van der Waals surface area contributed by atoms with Crippen LogP contribution in [0, 0.1) is 0 Å². The minimum atomic E-state index is -0.451. The second-order valence-electron chi connectivity index (χ2n) is 2.76. The molecule has 4 nitrogen and oxygen atoms in total. The molecule has 1 aliphatic carbocycles. The van der Waals surface area contributed by atoms with Crippen LogP contribution in [0.25, 0.3) is 0 Å². The Morgan fingerprint density at radius 1 is 1.50 bits per heavy atom. The first-order valence-corrected chi connectivity index (χ1v) is 4.27. The van der Waals surface area contributed by atoms with Crippen molar-refractivity contribution in [3.8, 4) is 0 Å². The summed E-state index contributed by atoms with van der Waals surface area (Å²) in [5.74, 6) is -0.677. The van der Waals surface area contributed by atoms with E-state index in [9.17, 15) is 14.8 Å². The Morgan fingerprint density at radius 3 is 2.71 bits per heavy atom. The van der Waals surface area contributed by atoms with Gasteiger partial charge in [0.05, 0.1) is 0 Å². The molecule has 0 aliphatic heterocycles. The molecule has 0 fully saturated rings. The monoisotopic (exact) mass is 193 g/mol. The van der Waals surface area contributed by atoms with Crippen molar-refractivity contribution in [3.05, 3.63) is 36.1 Å². The van der Waals surface area contributed by atoms with Crippen LogP contribution in [0.4, 0.5) is 0 Å². The average Bonchev–Trinajstić information content (AvgIpc) is 2.20. The first kappa shape index (κ1) is 10.4. The number of amides is 1. The van der Waals surface area contributed by atoms with E-state index in [1.165, 1.54) is 12.2 Å². The zero-order chi connectivity index (χ0) is 10.6. The molecular formula is C10H11NO3. The highest BCUT2D eigenvalue weighted by Gasteiger charge is 2.10. The van der Waals surface area contributed by atoms with Crippen molar-refractivity contribution in [2.75, 3.05) is 0 Å². The third-order valence-corrected chi connectivity index (χ3v) is 1.74. The second kappa shape index (κ2) is 4.53. The third kappa shape index (κ3) is 2.40. The fourth-order valence-electron chi connectivity index (χ4n) is 0.953. The molecule has 1 N–H and O–H groups in total. The van der Waals surface area contributed by atoms with Gasteiger partial charge >= 0.3 is 0 Å². The van der Waals surface area contributed by atoms with Crippen LogP contribution in [-0.4, -0.2) is 22.0 Å². The van der Waals surface area contributed by atoms with Crippen molar-refractivity contribution in [1.82, 2.24) is 5.06 Å². The van der Waals surface area contributed by atoms with E-state index < -0.39 is 5.91 Å². The summed E-state index contributed by atoms with van der Waals surface area (Å²) in [6.45, 7) is 1.63. The molecule has 0 heterocycles. The van der Waals surface area contributed by atoms with Crippen LogP contribution in [0.15, 0.2) is 36.1 Å². The molecule has 0 bridgehead atoms. The van der Waals surface area contributed by atoms with Crippen LogP contribution >= 0.6 is 0 Å². The van der Waals surface area contributed by atoms with Gasteiger partial charge in [-0.2, -0.15) is 5.06 Å². The molecule has 0 aromatic rings. The number of allylic oxidation sites excluding steroid dienone is 5. The molecular weight excluding hydrogens is 182 g/mol. The van der Waals surface area contributed by atoms with E-state index in [0.717, 1.165) is 6.20 Å². The van der Waals surface area contributed by atoms with Gasteiger partial charge in [-0.05, 0) is 12.2 Å². The topological polar surface area (TPSA) is 57.6 Å². The summed E-state index contributed by atoms with van der Waals surface area (Å²) in [5.41, 5.74) is 0.289. The second-order valence-corrected chi connectivity index (χ2v) is 2.76. The molecule has 0 unspecified atom stereocenters. The number of ketones is 1. The molecule has 0 aromatic heterocycles. The van der Waals surface area contributed by atoms with E-state index in [0.29, 0.717) is 5.06 Å². The lowest BCUT2D eigenvalue weighted by Gasteiger charge is -2.10. The summed E-state index contributed by atoms with van der Waals surface area (Å²) >= 11 is 0. The van der Waals surface area contributed by atoms with Crippen molar-refractivity contribution in [1.29, 1.82) is 0 Å². The molecule has 0 aromatic carbocycles. The van der Waals surface area contributed by atoms with Gasteiger partial charge in [0, 0.05) is 18.2 Å². The number of hydrogen-bond donors (Lipinski definition) is 1. The van der Waals surface area contributed by atoms with E-state index >= 15 is 0 Å². The standard InChI is InChI=1S/C10H11NO3/c1-2-10(13)11(14)7-8-5-3-4-6-9(8)12/h3-7,14H,2H2,1H3. The molecule has 1 rings (SSSR count). The van der Waals surface area contributed by atoms with Gasteiger partial charge in [-0.1, -0.05) is 19.1 Å². The lowest BCUT2D eigenvalue weighted by molar-refractivity contribution is -0.153. The maximum Gasteiger partial charge on any atom is 0.249 e. The third-order valence-electron chi connectivity index (χ3n) is 1.74. The Balaban J connectivity index is 2.78. The van der Waals surface area contributed by atoms with Gasteiger partial charge in [0.2, 0.25) is 5.91 Å². The minimum Gasteiger partial charge on any atom is -0.289 e. The summed E-state index contributed by atoms with van der Waals surface area (Å²) in [4.78, 5) is 22.2. The SMILES string of the molecule is CCC(=O)N(O)C=C1C=CC=CC1=O. The number of hydroxylamine groups is 2. The number of hydrogen-bond acceptors (Lipinski definition) is 3. The minimum absolute atomic E-state index is 0.189. The number of carbonyl (C=O) groups is 2. The molecule has 0 radical (unpaired) electrons. The summed E-state index contributed by atoms with van der Waals surface area (Å²) < 4.78 is 0. The van der Waals surface area contributed by atoms with Crippen molar-refractivity contribution < 1.29 is 14.8 Å². The first-order chi connectivity index (χ1) is 6.65. The Bertz CT molecular complexity index is 339. The van der Waals surface area contributed by atoms with Gasteiger partial charge in [-0.15, -0.1) is 0 Å². The Kier molecular flexibility index (Phi) is 3.36.